The minimum absolute atomic E-state index is 0.212. The predicted octanol–water partition coefficient (Wildman–Crippen LogP) is 2.33. The number of aromatic amines is 1. The van der Waals surface area contributed by atoms with E-state index >= 15 is 0 Å². The van der Waals surface area contributed by atoms with E-state index in [9.17, 15) is 4.79 Å². The number of nitrogens with two attached hydrogens (primary N) is 2. The van der Waals surface area contributed by atoms with Crippen molar-refractivity contribution in [3.63, 3.8) is 0 Å². The van der Waals surface area contributed by atoms with Crippen LogP contribution in [0.15, 0.2) is 43.0 Å². The predicted molar refractivity (Wildman–Crippen MR) is 125 cm³/mol. The Balaban J connectivity index is 1.47. The molecule has 5 N–H and O–H groups in total. The second-order valence-electron chi connectivity index (χ2n) is 7.99. The molecule has 0 bridgehead atoms. The molecule has 3 heterocycles. The van der Waals surface area contributed by atoms with E-state index in [0.717, 1.165) is 11.1 Å². The first kappa shape index (κ1) is 23.0. The molecule has 10 nitrogen and oxygen atoms in total. The molecule has 0 aliphatic carbocycles. The van der Waals surface area contributed by atoms with Gasteiger partial charge in [-0.1, -0.05) is 23.7 Å². The van der Waals surface area contributed by atoms with Crippen molar-refractivity contribution in [1.82, 2.24) is 20.2 Å². The Bertz CT molecular complexity index is 1080. The minimum Gasteiger partial charge on any atom is -0.454 e. The highest BCUT2D eigenvalue weighted by Gasteiger charge is 2.41. The number of esters is 1. The zero-order valence-corrected chi connectivity index (χ0v) is 19.0. The van der Waals surface area contributed by atoms with Gasteiger partial charge in [0.1, 0.15) is 23.5 Å². The fourth-order valence-electron chi connectivity index (χ4n) is 3.89. The number of carbonyl (C=O) groups is 1. The first-order valence-electron chi connectivity index (χ1n) is 10.5. The van der Waals surface area contributed by atoms with E-state index in [1.54, 1.807) is 31.6 Å². The van der Waals surface area contributed by atoms with Crippen LogP contribution >= 0.6 is 11.6 Å². The quantitative estimate of drug-likeness (QED) is 0.442. The van der Waals surface area contributed by atoms with Crippen LogP contribution in [0.25, 0.3) is 11.1 Å². The number of benzene rings is 1. The van der Waals surface area contributed by atoms with Gasteiger partial charge < -0.3 is 25.8 Å². The maximum absolute atomic E-state index is 13.1. The van der Waals surface area contributed by atoms with Crippen LogP contribution in [0.3, 0.4) is 0 Å². The van der Waals surface area contributed by atoms with Crippen LogP contribution in [0.2, 0.25) is 5.02 Å². The van der Waals surface area contributed by atoms with Crippen molar-refractivity contribution in [3.05, 3.63) is 53.6 Å². The van der Waals surface area contributed by atoms with E-state index in [1.165, 1.54) is 6.33 Å². The van der Waals surface area contributed by atoms with Gasteiger partial charge in [-0.15, -0.1) is 0 Å². The number of anilines is 2. The molecule has 0 saturated carbocycles. The number of hydrogen-bond acceptors (Lipinski definition) is 9. The highest BCUT2D eigenvalue weighted by Crippen LogP contribution is 2.35. The Labute approximate surface area is 196 Å². The summed E-state index contributed by atoms with van der Waals surface area (Å²) in [6, 6.07) is 7.11. The molecule has 1 aliphatic heterocycles. The molecular formula is C22H26ClN7O3. The molecule has 1 unspecified atom stereocenters. The molecule has 33 heavy (non-hydrogen) atoms. The normalized spacial score (nSPS) is 16.4. The van der Waals surface area contributed by atoms with Crippen LogP contribution in [0, 0.1) is 0 Å². The Morgan fingerprint density at radius 2 is 2.00 bits per heavy atom. The molecule has 2 aromatic heterocycles. The van der Waals surface area contributed by atoms with Gasteiger partial charge in [0.25, 0.3) is 0 Å². The Morgan fingerprint density at radius 3 is 2.64 bits per heavy atom. The van der Waals surface area contributed by atoms with Crippen LogP contribution in [-0.4, -0.2) is 58.5 Å². The SMILES string of the molecule is COCC(OC(=O)C1(N)CCN(c2ncnc(N)c2-c2cn[nH]c2)CC1)c1ccc(Cl)cc1. The summed E-state index contributed by atoms with van der Waals surface area (Å²) in [4.78, 5) is 23.7. The number of hydrogen-bond donors (Lipinski definition) is 3. The average molecular weight is 472 g/mol. The highest BCUT2D eigenvalue weighted by molar-refractivity contribution is 6.30. The molecule has 3 aromatic rings. The first-order chi connectivity index (χ1) is 15.9. The Morgan fingerprint density at radius 1 is 1.27 bits per heavy atom. The van der Waals surface area contributed by atoms with Gasteiger partial charge in [0.15, 0.2) is 6.10 Å². The number of ether oxygens (including phenoxy) is 2. The Kier molecular flexibility index (Phi) is 6.77. The zero-order valence-electron chi connectivity index (χ0n) is 18.2. The maximum Gasteiger partial charge on any atom is 0.326 e. The van der Waals surface area contributed by atoms with Crippen LogP contribution in [0.1, 0.15) is 24.5 Å². The molecule has 0 amide bonds. The van der Waals surface area contributed by atoms with E-state index in [2.05, 4.69) is 20.2 Å². The lowest BCUT2D eigenvalue weighted by Crippen LogP contribution is -2.56. The molecule has 1 fully saturated rings. The number of piperidine rings is 1. The fraction of sp³-hybridized carbons (Fsp3) is 0.364. The smallest absolute Gasteiger partial charge is 0.326 e. The van der Waals surface area contributed by atoms with Gasteiger partial charge >= 0.3 is 5.97 Å². The minimum atomic E-state index is -1.12. The molecule has 1 aliphatic rings. The number of aromatic nitrogens is 4. The van der Waals surface area contributed by atoms with Gasteiger partial charge in [0.2, 0.25) is 0 Å². The molecular weight excluding hydrogens is 446 g/mol. The van der Waals surface area contributed by atoms with Gasteiger partial charge in [-0.25, -0.2) is 9.97 Å². The number of carbonyl (C=O) groups excluding carboxylic acids is 1. The molecule has 11 heteroatoms. The van der Waals surface area contributed by atoms with E-state index < -0.39 is 17.6 Å². The Hall–Kier alpha value is -3.21. The van der Waals surface area contributed by atoms with Crippen LogP contribution in [-0.2, 0) is 14.3 Å². The van der Waals surface area contributed by atoms with Crippen molar-refractivity contribution in [2.45, 2.75) is 24.5 Å². The molecule has 1 saturated heterocycles. The molecule has 4 rings (SSSR count). The van der Waals surface area contributed by atoms with E-state index in [1.807, 2.05) is 17.0 Å². The third-order valence-electron chi connectivity index (χ3n) is 5.81. The summed E-state index contributed by atoms with van der Waals surface area (Å²) in [5.74, 6) is 0.574. The third kappa shape index (κ3) is 4.92. The molecule has 0 radical (unpaired) electrons. The standard InChI is InChI=1S/C22H26ClN7O3/c1-32-12-17(14-2-4-16(23)5-3-14)33-21(31)22(25)6-8-30(9-7-22)20-18(15-10-28-29-11-15)19(24)26-13-27-20/h2-5,10-11,13,17H,6-9,12,25H2,1H3,(H,28,29)(H2,24,26,27). The summed E-state index contributed by atoms with van der Waals surface area (Å²) in [6.07, 6.45) is 5.03. The number of nitrogens with zero attached hydrogens (tertiary/aromatic N) is 4. The van der Waals surface area contributed by atoms with Gasteiger partial charge in [-0.2, -0.15) is 5.10 Å². The molecule has 1 atom stereocenters. The number of nitrogen functional groups attached to an aromatic ring is 1. The monoisotopic (exact) mass is 471 g/mol. The number of nitrogens with one attached hydrogen (secondary N) is 1. The van der Waals surface area contributed by atoms with Crippen LogP contribution < -0.4 is 16.4 Å². The first-order valence-corrected chi connectivity index (χ1v) is 10.9. The number of rotatable bonds is 7. The summed E-state index contributed by atoms with van der Waals surface area (Å²) in [5, 5.41) is 7.37. The molecule has 174 valence electrons. The van der Waals surface area contributed by atoms with Gasteiger partial charge in [0, 0.05) is 37.0 Å². The van der Waals surface area contributed by atoms with Crippen LogP contribution in [0.4, 0.5) is 11.6 Å². The van der Waals surface area contributed by atoms with E-state index in [0.29, 0.717) is 48.2 Å². The summed E-state index contributed by atoms with van der Waals surface area (Å²) in [7, 11) is 1.55. The van der Waals surface area contributed by atoms with Crippen LogP contribution in [0.5, 0.6) is 0 Å². The van der Waals surface area contributed by atoms with Crippen molar-refractivity contribution in [3.8, 4) is 11.1 Å². The van der Waals surface area contributed by atoms with Gasteiger partial charge in [0.05, 0.1) is 18.4 Å². The number of halogens is 1. The molecule has 1 aromatic carbocycles. The van der Waals surface area contributed by atoms with E-state index in [-0.39, 0.29) is 6.61 Å². The zero-order chi connectivity index (χ0) is 23.4. The highest BCUT2D eigenvalue weighted by atomic mass is 35.5. The maximum atomic E-state index is 13.1. The lowest BCUT2D eigenvalue weighted by molar-refractivity contribution is -0.159. The van der Waals surface area contributed by atoms with Crippen molar-refractivity contribution in [2.24, 2.45) is 5.73 Å². The van der Waals surface area contributed by atoms with Crippen molar-refractivity contribution < 1.29 is 14.3 Å². The second kappa shape index (κ2) is 9.74. The number of H-pyrrole nitrogens is 1. The molecule has 0 spiro atoms. The second-order valence-corrected chi connectivity index (χ2v) is 8.42. The topological polar surface area (TPSA) is 145 Å². The summed E-state index contributed by atoms with van der Waals surface area (Å²) in [6.45, 7) is 1.22. The fourth-order valence-corrected chi connectivity index (χ4v) is 4.02. The lowest BCUT2D eigenvalue weighted by atomic mass is 9.88. The third-order valence-corrected chi connectivity index (χ3v) is 6.07. The summed E-state index contributed by atoms with van der Waals surface area (Å²) >= 11 is 5.97. The van der Waals surface area contributed by atoms with Gasteiger partial charge in [-0.3, -0.25) is 9.89 Å². The average Bonchev–Trinajstić information content (AvgIpc) is 3.34. The van der Waals surface area contributed by atoms with Crippen molar-refractivity contribution >= 4 is 29.2 Å². The number of methoxy groups -OCH3 is 1. The summed E-state index contributed by atoms with van der Waals surface area (Å²) in [5.41, 5.74) is 13.8. The lowest BCUT2D eigenvalue weighted by Gasteiger charge is -2.39. The summed E-state index contributed by atoms with van der Waals surface area (Å²) < 4.78 is 11.0. The van der Waals surface area contributed by atoms with Gasteiger partial charge in [-0.05, 0) is 30.5 Å². The van der Waals surface area contributed by atoms with E-state index in [4.69, 9.17) is 32.5 Å². The van der Waals surface area contributed by atoms with Crippen molar-refractivity contribution in [2.75, 3.05) is 37.4 Å². The van der Waals surface area contributed by atoms with Crippen molar-refractivity contribution in [1.29, 1.82) is 0 Å². The largest absolute Gasteiger partial charge is 0.454 e.